The predicted molar refractivity (Wildman–Crippen MR) is 102 cm³/mol. The number of allylic oxidation sites excluding steroid dienone is 2. The van der Waals surface area contributed by atoms with E-state index in [2.05, 4.69) is 36.8 Å². The fourth-order valence-electron chi connectivity index (χ4n) is 2.89. The molecule has 0 bridgehead atoms. The van der Waals surface area contributed by atoms with E-state index in [4.69, 9.17) is 0 Å². The minimum atomic E-state index is 0.678. The van der Waals surface area contributed by atoms with Gasteiger partial charge in [-0.05, 0) is 31.3 Å². The maximum Gasteiger partial charge on any atom is 0.109 e. The van der Waals surface area contributed by atoms with E-state index in [1.54, 1.807) is 13.4 Å². The highest BCUT2D eigenvalue weighted by atomic mass is 14.8. The van der Waals surface area contributed by atoms with Crippen LogP contribution >= 0.6 is 0 Å². The molecule has 0 amide bonds. The molecule has 0 aromatic heterocycles. The molecule has 0 saturated heterocycles. The molecule has 2 nitrogen and oxygen atoms in total. The first-order valence-corrected chi connectivity index (χ1v) is 9.40. The Balaban J connectivity index is 4.40. The Bertz CT molecular complexity index is 316. The van der Waals surface area contributed by atoms with E-state index >= 15 is 0 Å². The topological polar surface area (TPSA) is 24.7 Å². The quantitative estimate of drug-likeness (QED) is 0.196. The smallest absolute Gasteiger partial charge is 0.109 e. The second kappa shape index (κ2) is 16.5. The lowest BCUT2D eigenvalue weighted by atomic mass is 9.88. The molecule has 1 atom stereocenters. The molecule has 0 fully saturated rings. The summed E-state index contributed by atoms with van der Waals surface area (Å²) in [6.07, 6.45) is 20.7. The molecule has 22 heavy (non-hydrogen) atoms. The van der Waals surface area contributed by atoms with Crippen molar-refractivity contribution >= 4 is 12.6 Å². The summed E-state index contributed by atoms with van der Waals surface area (Å²) in [5.41, 5.74) is 1.40. The molecule has 0 aliphatic carbocycles. The average molecular weight is 307 g/mol. The number of unbranched alkanes of at least 4 members (excludes halogenated alkanes) is 7. The maximum atomic E-state index is 4.30. The van der Waals surface area contributed by atoms with Gasteiger partial charge in [0.2, 0.25) is 0 Å². The van der Waals surface area contributed by atoms with Crippen LogP contribution in [0.4, 0.5) is 0 Å². The van der Waals surface area contributed by atoms with Crippen LogP contribution < -0.4 is 0 Å². The van der Waals surface area contributed by atoms with Gasteiger partial charge < -0.3 is 0 Å². The number of hydrogen-bond acceptors (Lipinski definition) is 1. The average Bonchev–Trinajstić information content (AvgIpc) is 2.54. The Morgan fingerprint density at radius 2 is 1.41 bits per heavy atom. The van der Waals surface area contributed by atoms with E-state index in [-0.39, 0.29) is 0 Å². The molecule has 1 unspecified atom stereocenters. The lowest BCUT2D eigenvalue weighted by Crippen LogP contribution is -2.06. The zero-order valence-corrected chi connectivity index (χ0v) is 15.5. The number of hydrogen-bond donors (Lipinski definition) is 0. The van der Waals surface area contributed by atoms with Crippen molar-refractivity contribution < 1.29 is 0 Å². The van der Waals surface area contributed by atoms with Crippen molar-refractivity contribution in [2.75, 3.05) is 7.05 Å². The van der Waals surface area contributed by atoms with Crippen molar-refractivity contribution in [3.63, 3.8) is 0 Å². The van der Waals surface area contributed by atoms with Crippen molar-refractivity contribution in [1.29, 1.82) is 0 Å². The van der Waals surface area contributed by atoms with E-state index in [9.17, 15) is 0 Å². The molecule has 0 radical (unpaired) electrons. The van der Waals surface area contributed by atoms with Gasteiger partial charge in [-0.3, -0.25) is 4.99 Å². The second-order valence-corrected chi connectivity index (χ2v) is 6.19. The summed E-state index contributed by atoms with van der Waals surface area (Å²) in [5.74, 6) is 0.678. The number of nitrogens with zero attached hydrogens (tertiary/aromatic N) is 2. The van der Waals surface area contributed by atoms with Crippen LogP contribution in [0.5, 0.6) is 0 Å². The summed E-state index contributed by atoms with van der Waals surface area (Å²) in [5, 5.41) is 0. The Labute approximate surface area is 139 Å². The molecule has 0 saturated carbocycles. The van der Waals surface area contributed by atoms with Gasteiger partial charge in [0.05, 0.1) is 0 Å². The van der Waals surface area contributed by atoms with E-state index in [1.807, 2.05) is 6.21 Å². The van der Waals surface area contributed by atoms with Crippen LogP contribution in [0.3, 0.4) is 0 Å². The van der Waals surface area contributed by atoms with Crippen molar-refractivity contribution in [3.05, 3.63) is 11.6 Å². The minimum absolute atomic E-state index is 0.678. The molecule has 0 spiro atoms. The maximum absolute atomic E-state index is 4.30. The zero-order valence-electron chi connectivity index (χ0n) is 15.5. The standard InChI is InChI=1S/C20H38N2/c1-5-8-10-12-14-16-20(15-13-11-9-6-2)19(7-3)17-22-18-21-4/h7,17-18,20H,5-6,8-16H2,1-4H3/b19-7+,21-18-,22-17-. The Hall–Kier alpha value is -0.920. The fraction of sp³-hybridized carbons (Fsp3) is 0.800. The van der Waals surface area contributed by atoms with Crippen molar-refractivity contribution in [3.8, 4) is 0 Å². The van der Waals surface area contributed by atoms with Gasteiger partial charge >= 0.3 is 0 Å². The van der Waals surface area contributed by atoms with Crippen molar-refractivity contribution in [2.45, 2.75) is 91.4 Å². The summed E-state index contributed by atoms with van der Waals surface area (Å²) in [6.45, 7) is 6.69. The SMILES string of the molecule is C\C=C(/C=N\C=N/C)C(CCCCCC)CCCCCCC. The van der Waals surface area contributed by atoms with Gasteiger partial charge in [-0.1, -0.05) is 77.7 Å². The van der Waals surface area contributed by atoms with Crippen LogP contribution in [-0.2, 0) is 0 Å². The van der Waals surface area contributed by atoms with Gasteiger partial charge in [0.1, 0.15) is 6.34 Å². The van der Waals surface area contributed by atoms with E-state index in [1.165, 1.54) is 76.2 Å². The third-order valence-electron chi connectivity index (χ3n) is 4.27. The van der Waals surface area contributed by atoms with E-state index in [0.717, 1.165) is 0 Å². The van der Waals surface area contributed by atoms with Gasteiger partial charge in [-0.15, -0.1) is 0 Å². The molecule has 128 valence electrons. The molecule has 0 aromatic rings. The minimum Gasteiger partial charge on any atom is -0.277 e. The molecule has 0 aromatic carbocycles. The molecule has 0 aliphatic rings. The number of aliphatic imine (C=N–C) groups is 2. The van der Waals surface area contributed by atoms with Crippen LogP contribution in [0.25, 0.3) is 0 Å². The summed E-state index contributed by atoms with van der Waals surface area (Å²) in [7, 11) is 1.77. The lowest BCUT2D eigenvalue weighted by molar-refractivity contribution is 0.463. The summed E-state index contributed by atoms with van der Waals surface area (Å²) in [4.78, 5) is 8.23. The first-order valence-electron chi connectivity index (χ1n) is 9.40. The van der Waals surface area contributed by atoms with Crippen LogP contribution in [0.15, 0.2) is 21.6 Å². The lowest BCUT2D eigenvalue weighted by Gasteiger charge is -2.18. The van der Waals surface area contributed by atoms with Gasteiger partial charge in [0.25, 0.3) is 0 Å². The van der Waals surface area contributed by atoms with Crippen molar-refractivity contribution in [1.82, 2.24) is 0 Å². The first-order chi connectivity index (χ1) is 10.8. The molecular formula is C20H38N2. The highest BCUT2D eigenvalue weighted by molar-refractivity contribution is 5.85. The molecule has 0 heterocycles. The van der Waals surface area contributed by atoms with Gasteiger partial charge in [0, 0.05) is 13.3 Å². The molecular weight excluding hydrogens is 268 g/mol. The fourth-order valence-corrected chi connectivity index (χ4v) is 2.89. The van der Waals surface area contributed by atoms with Crippen LogP contribution in [0.1, 0.15) is 91.4 Å². The molecule has 0 aliphatic heterocycles. The van der Waals surface area contributed by atoms with Gasteiger partial charge in [-0.25, -0.2) is 4.99 Å². The van der Waals surface area contributed by atoms with Gasteiger partial charge in [0.15, 0.2) is 0 Å². The van der Waals surface area contributed by atoms with Crippen molar-refractivity contribution in [2.24, 2.45) is 15.9 Å². The van der Waals surface area contributed by atoms with E-state index in [0.29, 0.717) is 5.92 Å². The summed E-state index contributed by atoms with van der Waals surface area (Å²) < 4.78 is 0. The number of rotatable bonds is 14. The van der Waals surface area contributed by atoms with Crippen LogP contribution in [0.2, 0.25) is 0 Å². The third kappa shape index (κ3) is 11.7. The Morgan fingerprint density at radius 1 is 0.864 bits per heavy atom. The highest BCUT2D eigenvalue weighted by Gasteiger charge is 2.12. The molecule has 0 N–H and O–H groups in total. The Morgan fingerprint density at radius 3 is 1.91 bits per heavy atom. The molecule has 0 rings (SSSR count). The summed E-state index contributed by atoms with van der Waals surface area (Å²) >= 11 is 0. The Kier molecular flexibility index (Phi) is 15.8. The van der Waals surface area contributed by atoms with Crippen LogP contribution in [-0.4, -0.2) is 19.6 Å². The monoisotopic (exact) mass is 306 g/mol. The molecule has 2 heteroatoms. The normalized spacial score (nSPS) is 14.3. The van der Waals surface area contributed by atoms with Gasteiger partial charge in [-0.2, -0.15) is 0 Å². The predicted octanol–water partition coefficient (Wildman–Crippen LogP) is 6.61. The van der Waals surface area contributed by atoms with Crippen LogP contribution in [0, 0.1) is 5.92 Å². The summed E-state index contributed by atoms with van der Waals surface area (Å²) in [6, 6.07) is 0. The zero-order chi connectivity index (χ0) is 16.5. The second-order valence-electron chi connectivity index (χ2n) is 6.19. The highest BCUT2D eigenvalue weighted by Crippen LogP contribution is 2.24. The largest absolute Gasteiger partial charge is 0.277 e. The van der Waals surface area contributed by atoms with E-state index < -0.39 is 0 Å². The third-order valence-corrected chi connectivity index (χ3v) is 4.27. The first kappa shape index (κ1) is 21.1.